The third-order valence-corrected chi connectivity index (χ3v) is 4.48. The van der Waals surface area contributed by atoms with Crippen molar-refractivity contribution in [2.45, 2.75) is 39.3 Å². The van der Waals surface area contributed by atoms with Crippen molar-refractivity contribution in [2.75, 3.05) is 0 Å². The summed E-state index contributed by atoms with van der Waals surface area (Å²) in [6.07, 6.45) is -2.76. The number of aliphatic carboxylic acids is 1. The lowest BCUT2D eigenvalue weighted by Gasteiger charge is -2.20. The second-order valence-electron chi connectivity index (χ2n) is 6.54. The molecule has 2 atom stereocenters. The second-order valence-corrected chi connectivity index (χ2v) is 7.36. The maximum atomic E-state index is 12.0. The SMILES string of the molecule is CC(C)C(NC(=O)[C@H](C)OC(=O)NC(=N)NC(=O)Cc1c(Cl)cccc1Cl)C(=O)O. The third kappa shape index (κ3) is 7.88. The number of benzene rings is 1. The van der Waals surface area contributed by atoms with E-state index in [1.165, 1.54) is 6.92 Å². The van der Waals surface area contributed by atoms with Crippen LogP contribution in [0.1, 0.15) is 26.3 Å². The smallest absolute Gasteiger partial charge is 0.414 e. The molecule has 3 amide bonds. The highest BCUT2D eigenvalue weighted by Gasteiger charge is 2.27. The van der Waals surface area contributed by atoms with Crippen LogP contribution in [0, 0.1) is 11.3 Å². The zero-order chi connectivity index (χ0) is 23.0. The topological polar surface area (TPSA) is 158 Å². The summed E-state index contributed by atoms with van der Waals surface area (Å²) < 4.78 is 4.79. The molecule has 0 fully saturated rings. The minimum atomic E-state index is -1.34. The van der Waals surface area contributed by atoms with Gasteiger partial charge in [-0.25, -0.2) is 9.59 Å². The van der Waals surface area contributed by atoms with Crippen molar-refractivity contribution in [1.82, 2.24) is 16.0 Å². The molecule has 5 N–H and O–H groups in total. The number of rotatable bonds is 7. The van der Waals surface area contributed by atoms with Gasteiger partial charge in [0.15, 0.2) is 6.10 Å². The van der Waals surface area contributed by atoms with Crippen molar-refractivity contribution in [2.24, 2.45) is 5.92 Å². The highest BCUT2D eigenvalue weighted by Crippen LogP contribution is 2.24. The van der Waals surface area contributed by atoms with Gasteiger partial charge in [-0.3, -0.25) is 25.6 Å². The number of hydrogen-bond donors (Lipinski definition) is 5. The van der Waals surface area contributed by atoms with Gasteiger partial charge in [0, 0.05) is 10.0 Å². The van der Waals surface area contributed by atoms with Crippen LogP contribution in [-0.4, -0.2) is 47.1 Å². The zero-order valence-corrected chi connectivity index (χ0v) is 17.9. The molecule has 1 rings (SSSR count). The van der Waals surface area contributed by atoms with E-state index in [9.17, 15) is 19.2 Å². The van der Waals surface area contributed by atoms with Crippen LogP contribution in [0.4, 0.5) is 4.79 Å². The molecular formula is C18H22Cl2N4O6. The summed E-state index contributed by atoms with van der Waals surface area (Å²) >= 11 is 11.9. The predicted octanol–water partition coefficient (Wildman–Crippen LogP) is 1.93. The summed E-state index contributed by atoms with van der Waals surface area (Å²) in [6.45, 7) is 4.45. The lowest BCUT2D eigenvalue weighted by Crippen LogP contribution is -2.50. The molecule has 0 spiro atoms. The van der Waals surface area contributed by atoms with Crippen LogP contribution < -0.4 is 16.0 Å². The summed E-state index contributed by atoms with van der Waals surface area (Å²) in [7, 11) is 0. The van der Waals surface area contributed by atoms with Crippen molar-refractivity contribution in [1.29, 1.82) is 5.41 Å². The van der Waals surface area contributed by atoms with Gasteiger partial charge in [-0.15, -0.1) is 0 Å². The molecule has 10 nitrogen and oxygen atoms in total. The van der Waals surface area contributed by atoms with Gasteiger partial charge in [-0.05, 0) is 30.5 Å². The summed E-state index contributed by atoms with van der Waals surface area (Å²) in [5, 5.41) is 23.5. The quantitative estimate of drug-likeness (QED) is 0.308. The zero-order valence-electron chi connectivity index (χ0n) is 16.4. The first-order chi connectivity index (χ1) is 13.9. The van der Waals surface area contributed by atoms with Crippen molar-refractivity contribution >= 4 is 53.0 Å². The lowest BCUT2D eigenvalue weighted by molar-refractivity contribution is -0.144. The van der Waals surface area contributed by atoms with Crippen LogP contribution >= 0.6 is 23.2 Å². The fourth-order valence-corrected chi connectivity index (χ4v) is 2.74. The second kappa shape index (κ2) is 11.4. The first-order valence-electron chi connectivity index (χ1n) is 8.74. The average molecular weight is 461 g/mol. The number of ether oxygens (including phenoxy) is 1. The van der Waals surface area contributed by atoms with Crippen LogP contribution in [0.2, 0.25) is 10.0 Å². The fraction of sp³-hybridized carbons (Fsp3) is 0.389. The molecular weight excluding hydrogens is 439 g/mol. The fourth-order valence-electron chi connectivity index (χ4n) is 2.21. The number of carbonyl (C=O) groups is 4. The van der Waals surface area contributed by atoms with Crippen molar-refractivity contribution in [3.05, 3.63) is 33.8 Å². The van der Waals surface area contributed by atoms with Gasteiger partial charge in [-0.2, -0.15) is 0 Å². The molecule has 0 heterocycles. The Kier molecular flexibility index (Phi) is 9.54. The normalized spacial score (nSPS) is 12.5. The highest BCUT2D eigenvalue weighted by atomic mass is 35.5. The Labute approximate surface area is 182 Å². The molecule has 0 aliphatic heterocycles. The number of amides is 3. The van der Waals surface area contributed by atoms with E-state index in [0.29, 0.717) is 5.56 Å². The number of carboxylic acids is 1. The summed E-state index contributed by atoms with van der Waals surface area (Å²) in [6, 6.07) is 3.57. The Balaban J connectivity index is 2.53. The van der Waals surface area contributed by atoms with E-state index in [2.05, 4.69) is 10.6 Å². The first kappa shape index (κ1) is 25.2. The molecule has 0 radical (unpaired) electrons. The van der Waals surface area contributed by atoms with Gasteiger partial charge in [0.05, 0.1) is 6.42 Å². The largest absolute Gasteiger partial charge is 0.480 e. The van der Waals surface area contributed by atoms with Gasteiger partial charge < -0.3 is 15.2 Å². The molecule has 164 valence electrons. The molecule has 1 unspecified atom stereocenters. The Morgan fingerprint density at radius 2 is 1.67 bits per heavy atom. The molecule has 1 aromatic rings. The Hall–Kier alpha value is -2.85. The molecule has 0 saturated carbocycles. The Morgan fingerprint density at radius 3 is 2.17 bits per heavy atom. The van der Waals surface area contributed by atoms with E-state index in [-0.39, 0.29) is 22.4 Å². The molecule has 0 saturated heterocycles. The number of guanidine groups is 1. The number of hydrogen-bond acceptors (Lipinski definition) is 6. The minimum Gasteiger partial charge on any atom is -0.480 e. The first-order valence-corrected chi connectivity index (χ1v) is 9.50. The van der Waals surface area contributed by atoms with E-state index >= 15 is 0 Å². The van der Waals surface area contributed by atoms with Crippen molar-refractivity contribution in [3.8, 4) is 0 Å². The van der Waals surface area contributed by atoms with Gasteiger partial charge in [0.25, 0.3) is 5.91 Å². The molecule has 12 heteroatoms. The maximum Gasteiger partial charge on any atom is 0.414 e. The standard InChI is InChI=1S/C18H22Cl2N4O6/c1-8(2)14(16(27)28)23-15(26)9(3)30-18(29)24-17(21)22-13(25)7-10-11(19)5-4-6-12(10)20/h4-6,8-9,14H,7H2,1-3H3,(H,23,26)(H,27,28)(H3,21,22,24,25,29)/t9-,14?/m0/s1. The average Bonchev–Trinajstić information content (AvgIpc) is 2.61. The number of nitrogens with one attached hydrogen (secondary N) is 4. The van der Waals surface area contributed by atoms with Crippen LogP contribution in [0.15, 0.2) is 18.2 Å². The maximum absolute atomic E-state index is 12.0. The summed E-state index contributed by atoms with van der Waals surface area (Å²) in [5.41, 5.74) is 0.358. The van der Waals surface area contributed by atoms with Crippen LogP contribution in [-0.2, 0) is 25.5 Å². The van der Waals surface area contributed by atoms with Crippen LogP contribution in [0.25, 0.3) is 0 Å². The molecule has 0 aliphatic rings. The molecule has 0 aliphatic carbocycles. The van der Waals surface area contributed by atoms with Crippen LogP contribution in [0.3, 0.4) is 0 Å². The Morgan fingerprint density at radius 1 is 1.10 bits per heavy atom. The number of alkyl carbamates (subject to hydrolysis) is 1. The summed E-state index contributed by atoms with van der Waals surface area (Å²) in [4.78, 5) is 46.9. The Bertz CT molecular complexity index is 826. The van der Waals surface area contributed by atoms with Gasteiger partial charge in [-0.1, -0.05) is 43.1 Å². The lowest BCUT2D eigenvalue weighted by atomic mass is 10.0. The van der Waals surface area contributed by atoms with E-state index in [1.807, 2.05) is 5.32 Å². The molecule has 1 aromatic carbocycles. The number of carboxylic acid groups (broad SMARTS) is 1. The van der Waals surface area contributed by atoms with Gasteiger partial charge >= 0.3 is 12.1 Å². The molecule has 30 heavy (non-hydrogen) atoms. The third-order valence-electron chi connectivity index (χ3n) is 3.77. The molecule has 0 bridgehead atoms. The summed E-state index contributed by atoms with van der Waals surface area (Å²) in [5.74, 6) is -3.79. The van der Waals surface area contributed by atoms with Gasteiger partial charge in [0.2, 0.25) is 11.9 Å². The van der Waals surface area contributed by atoms with Crippen molar-refractivity contribution in [3.63, 3.8) is 0 Å². The minimum absolute atomic E-state index is 0.234. The highest BCUT2D eigenvalue weighted by molar-refractivity contribution is 6.36. The van der Waals surface area contributed by atoms with E-state index < -0.39 is 42.0 Å². The van der Waals surface area contributed by atoms with E-state index in [0.717, 1.165) is 0 Å². The van der Waals surface area contributed by atoms with E-state index in [1.54, 1.807) is 32.0 Å². The van der Waals surface area contributed by atoms with Gasteiger partial charge in [0.1, 0.15) is 6.04 Å². The number of carbonyl (C=O) groups excluding carboxylic acids is 3. The van der Waals surface area contributed by atoms with Crippen LogP contribution in [0.5, 0.6) is 0 Å². The molecule has 0 aromatic heterocycles. The monoisotopic (exact) mass is 460 g/mol. The van der Waals surface area contributed by atoms with E-state index in [4.69, 9.17) is 38.5 Å². The number of halogens is 2. The predicted molar refractivity (Wildman–Crippen MR) is 110 cm³/mol. The van der Waals surface area contributed by atoms with Crippen molar-refractivity contribution < 1.29 is 29.0 Å².